The maximum Gasteiger partial charge on any atom is 0.307 e. The first kappa shape index (κ1) is 14.7. The van der Waals surface area contributed by atoms with Crippen molar-refractivity contribution in [1.29, 1.82) is 0 Å². The molecule has 1 aliphatic heterocycles. The largest absolute Gasteiger partial charge is 0.481 e. The molecule has 1 saturated carbocycles. The van der Waals surface area contributed by atoms with E-state index in [4.69, 9.17) is 5.11 Å². The summed E-state index contributed by atoms with van der Waals surface area (Å²) in [5.41, 5.74) is 0. The van der Waals surface area contributed by atoms with Gasteiger partial charge in [0.1, 0.15) is 0 Å². The quantitative estimate of drug-likeness (QED) is 0.788. The van der Waals surface area contributed by atoms with Gasteiger partial charge in [-0.15, -0.1) is 0 Å². The van der Waals surface area contributed by atoms with Crippen molar-refractivity contribution in [1.82, 2.24) is 8.61 Å². The maximum absolute atomic E-state index is 12.6. The van der Waals surface area contributed by atoms with Crippen LogP contribution in [0.1, 0.15) is 39.0 Å². The Morgan fingerprint density at radius 3 is 2.58 bits per heavy atom. The Labute approximate surface area is 114 Å². The molecule has 1 unspecified atom stereocenters. The normalized spacial score (nSPS) is 25.7. The van der Waals surface area contributed by atoms with E-state index in [-0.39, 0.29) is 12.6 Å². The highest BCUT2D eigenvalue weighted by Gasteiger charge is 2.41. The second kappa shape index (κ2) is 5.76. The molecule has 7 heteroatoms. The summed E-state index contributed by atoms with van der Waals surface area (Å²) in [6.45, 7) is 3.05. The van der Waals surface area contributed by atoms with E-state index in [0.717, 1.165) is 19.3 Å². The molecule has 2 rings (SSSR count). The fourth-order valence-corrected chi connectivity index (χ4v) is 4.60. The van der Waals surface area contributed by atoms with Crippen molar-refractivity contribution < 1.29 is 18.3 Å². The molecule has 0 aromatic heterocycles. The Balaban J connectivity index is 2.11. The van der Waals surface area contributed by atoms with Crippen molar-refractivity contribution in [2.45, 2.75) is 45.1 Å². The predicted molar refractivity (Wildman–Crippen MR) is 70.9 cm³/mol. The highest BCUT2D eigenvalue weighted by molar-refractivity contribution is 7.86. The zero-order chi connectivity index (χ0) is 14.0. The molecule has 2 fully saturated rings. The van der Waals surface area contributed by atoms with E-state index in [9.17, 15) is 13.2 Å². The lowest BCUT2D eigenvalue weighted by molar-refractivity contribution is -0.142. The van der Waals surface area contributed by atoms with Gasteiger partial charge < -0.3 is 5.11 Å². The third kappa shape index (κ3) is 3.27. The minimum atomic E-state index is -3.49. The Hall–Kier alpha value is -0.660. The van der Waals surface area contributed by atoms with Crippen molar-refractivity contribution in [3.63, 3.8) is 0 Å². The van der Waals surface area contributed by atoms with Gasteiger partial charge in [-0.2, -0.15) is 17.0 Å². The van der Waals surface area contributed by atoms with Gasteiger partial charge in [0, 0.05) is 25.7 Å². The second-order valence-corrected chi connectivity index (χ2v) is 7.27. The van der Waals surface area contributed by atoms with Crippen LogP contribution < -0.4 is 0 Å². The predicted octanol–water partition coefficient (Wildman–Crippen LogP) is 0.902. The molecule has 110 valence electrons. The summed E-state index contributed by atoms with van der Waals surface area (Å²) in [6.07, 6.45) is 3.83. The molecule has 1 saturated heterocycles. The van der Waals surface area contributed by atoms with Gasteiger partial charge in [-0.1, -0.05) is 6.92 Å². The van der Waals surface area contributed by atoms with Gasteiger partial charge in [-0.3, -0.25) is 4.79 Å². The molecular weight excluding hydrogens is 268 g/mol. The molecule has 0 aromatic rings. The average molecular weight is 290 g/mol. The first-order chi connectivity index (χ1) is 8.96. The third-order valence-corrected chi connectivity index (χ3v) is 5.81. The Kier molecular flexibility index (Phi) is 4.47. The van der Waals surface area contributed by atoms with E-state index in [0.29, 0.717) is 25.9 Å². The van der Waals surface area contributed by atoms with E-state index in [2.05, 4.69) is 0 Å². The Morgan fingerprint density at radius 2 is 2.05 bits per heavy atom. The molecule has 0 spiro atoms. The summed E-state index contributed by atoms with van der Waals surface area (Å²) in [5.74, 6) is -1.46. The Bertz CT molecular complexity index is 433. The minimum Gasteiger partial charge on any atom is -0.481 e. The van der Waals surface area contributed by atoms with E-state index >= 15 is 0 Å². The Morgan fingerprint density at radius 1 is 1.37 bits per heavy atom. The van der Waals surface area contributed by atoms with E-state index in [1.54, 1.807) is 4.31 Å². The number of rotatable bonds is 6. The summed E-state index contributed by atoms with van der Waals surface area (Å²) in [6, 6.07) is 0.134. The van der Waals surface area contributed by atoms with Crippen LogP contribution in [-0.2, 0) is 15.0 Å². The topological polar surface area (TPSA) is 77.9 Å². The molecular formula is C12H22N2O4S. The van der Waals surface area contributed by atoms with Gasteiger partial charge in [0.25, 0.3) is 10.2 Å². The summed E-state index contributed by atoms with van der Waals surface area (Å²) in [5, 5.41) is 9.05. The fraction of sp³-hybridized carbons (Fsp3) is 0.917. The van der Waals surface area contributed by atoms with E-state index in [1.165, 1.54) is 4.31 Å². The van der Waals surface area contributed by atoms with Crippen LogP contribution in [0.15, 0.2) is 0 Å². The van der Waals surface area contributed by atoms with Crippen LogP contribution in [0.4, 0.5) is 0 Å². The number of hydrogen-bond acceptors (Lipinski definition) is 3. The molecule has 0 bridgehead atoms. The van der Waals surface area contributed by atoms with Crippen molar-refractivity contribution >= 4 is 16.2 Å². The van der Waals surface area contributed by atoms with Gasteiger partial charge in [0.2, 0.25) is 0 Å². The first-order valence-electron chi connectivity index (χ1n) is 6.96. The van der Waals surface area contributed by atoms with Crippen LogP contribution in [0.25, 0.3) is 0 Å². The summed E-state index contributed by atoms with van der Waals surface area (Å²) in [7, 11) is -3.49. The van der Waals surface area contributed by atoms with E-state index < -0.39 is 22.1 Å². The average Bonchev–Trinajstić information content (AvgIpc) is 3.20. The molecule has 6 nitrogen and oxygen atoms in total. The van der Waals surface area contributed by atoms with Gasteiger partial charge in [-0.25, -0.2) is 0 Å². The molecule has 1 aliphatic carbocycles. The van der Waals surface area contributed by atoms with Gasteiger partial charge >= 0.3 is 5.97 Å². The highest BCUT2D eigenvalue weighted by atomic mass is 32.2. The van der Waals surface area contributed by atoms with Crippen LogP contribution in [0.2, 0.25) is 0 Å². The monoisotopic (exact) mass is 290 g/mol. The van der Waals surface area contributed by atoms with Gasteiger partial charge in [0.05, 0.1) is 5.92 Å². The molecule has 2 aliphatic rings. The van der Waals surface area contributed by atoms with Crippen molar-refractivity contribution in [3.05, 3.63) is 0 Å². The molecule has 0 aromatic carbocycles. The molecule has 1 heterocycles. The number of piperidine rings is 1. The first-order valence-corrected chi connectivity index (χ1v) is 8.36. The SMILES string of the molecule is CCCN(C1CC1)S(=O)(=O)N1CCCC(C(=O)O)C1. The molecule has 1 atom stereocenters. The molecule has 19 heavy (non-hydrogen) atoms. The molecule has 0 radical (unpaired) electrons. The van der Waals surface area contributed by atoms with Crippen molar-refractivity contribution in [2.75, 3.05) is 19.6 Å². The maximum atomic E-state index is 12.6. The van der Waals surface area contributed by atoms with Crippen LogP contribution in [0.5, 0.6) is 0 Å². The molecule has 0 amide bonds. The van der Waals surface area contributed by atoms with Crippen LogP contribution in [0.3, 0.4) is 0 Å². The zero-order valence-electron chi connectivity index (χ0n) is 11.3. The third-order valence-electron chi connectivity index (χ3n) is 3.75. The van der Waals surface area contributed by atoms with Crippen LogP contribution >= 0.6 is 0 Å². The van der Waals surface area contributed by atoms with Gasteiger partial charge in [-0.05, 0) is 32.1 Å². The van der Waals surface area contributed by atoms with Crippen LogP contribution in [0, 0.1) is 5.92 Å². The van der Waals surface area contributed by atoms with Crippen molar-refractivity contribution in [3.8, 4) is 0 Å². The summed E-state index contributed by atoms with van der Waals surface area (Å²) >= 11 is 0. The minimum absolute atomic E-state index is 0.116. The second-order valence-electron chi connectivity index (χ2n) is 5.39. The highest BCUT2D eigenvalue weighted by Crippen LogP contribution is 2.32. The lowest BCUT2D eigenvalue weighted by atomic mass is 10.0. The number of carboxylic acids is 1. The lowest BCUT2D eigenvalue weighted by Crippen LogP contribution is -2.50. The van der Waals surface area contributed by atoms with E-state index in [1.807, 2.05) is 6.92 Å². The van der Waals surface area contributed by atoms with Crippen LogP contribution in [-0.4, -0.2) is 53.8 Å². The van der Waals surface area contributed by atoms with Gasteiger partial charge in [0.15, 0.2) is 0 Å². The number of aliphatic carboxylic acids is 1. The van der Waals surface area contributed by atoms with Crippen molar-refractivity contribution in [2.24, 2.45) is 5.92 Å². The molecule has 1 N–H and O–H groups in total. The lowest BCUT2D eigenvalue weighted by Gasteiger charge is -2.34. The standard InChI is InChI=1S/C12H22N2O4S/c1-2-7-14(11-5-6-11)19(17,18)13-8-3-4-10(9-13)12(15)16/h10-11H,2-9H2,1H3,(H,15,16). The smallest absolute Gasteiger partial charge is 0.307 e. The fourth-order valence-electron chi connectivity index (χ4n) is 2.57. The number of carbonyl (C=O) groups is 1. The number of carboxylic acid groups (broad SMARTS) is 1. The number of hydrogen-bond donors (Lipinski definition) is 1. The summed E-state index contributed by atoms with van der Waals surface area (Å²) in [4.78, 5) is 11.0. The summed E-state index contributed by atoms with van der Waals surface area (Å²) < 4.78 is 28.1. The zero-order valence-corrected chi connectivity index (χ0v) is 12.1. The number of nitrogens with zero attached hydrogens (tertiary/aromatic N) is 2.